The summed E-state index contributed by atoms with van der Waals surface area (Å²) in [6.45, 7) is 2.71. The van der Waals surface area contributed by atoms with Crippen molar-refractivity contribution in [2.75, 3.05) is 5.32 Å². The molecule has 2 heterocycles. The Hall–Kier alpha value is -2.04. The van der Waals surface area contributed by atoms with Gasteiger partial charge >= 0.3 is 0 Å². The molecule has 0 atom stereocenters. The van der Waals surface area contributed by atoms with Crippen molar-refractivity contribution in [2.45, 2.75) is 19.9 Å². The zero-order valence-corrected chi connectivity index (χ0v) is 8.94. The molecule has 1 aliphatic heterocycles. The van der Waals surface area contributed by atoms with Gasteiger partial charge in [-0.1, -0.05) is 6.92 Å². The van der Waals surface area contributed by atoms with Gasteiger partial charge < -0.3 is 10.4 Å². The number of phenolic OH excluding ortho intramolecular Hbond substituents is 1. The number of aromatic nitrogens is 3. The van der Waals surface area contributed by atoms with Gasteiger partial charge in [0.05, 0.1) is 17.9 Å². The average Bonchev–Trinajstić information content (AvgIpc) is 2.72. The number of hydrogen-bond donors (Lipinski definition) is 2. The number of rotatable bonds is 1. The van der Waals surface area contributed by atoms with Crippen molar-refractivity contribution in [3.8, 4) is 11.4 Å². The Kier molecular flexibility index (Phi) is 1.86. The molecule has 0 amide bonds. The van der Waals surface area contributed by atoms with E-state index in [0.29, 0.717) is 6.54 Å². The van der Waals surface area contributed by atoms with Gasteiger partial charge in [0.25, 0.3) is 0 Å². The largest absolute Gasteiger partial charge is 0.508 e. The van der Waals surface area contributed by atoms with E-state index < -0.39 is 0 Å². The van der Waals surface area contributed by atoms with E-state index in [1.807, 2.05) is 17.6 Å². The lowest BCUT2D eigenvalue weighted by Gasteiger charge is -2.20. The molecule has 2 N–H and O–H groups in total. The first-order valence-corrected chi connectivity index (χ1v) is 5.30. The number of aryl methyl sites for hydroxylation is 1. The molecule has 0 bridgehead atoms. The maximum atomic E-state index is 9.53. The topological polar surface area (TPSA) is 63.0 Å². The van der Waals surface area contributed by atoms with Gasteiger partial charge in [0.1, 0.15) is 11.6 Å². The number of benzene rings is 1. The fraction of sp³-hybridized carbons (Fsp3) is 0.273. The van der Waals surface area contributed by atoms with Gasteiger partial charge in [-0.05, 0) is 12.1 Å². The zero-order valence-electron chi connectivity index (χ0n) is 8.94. The molecule has 3 rings (SSSR count). The standard InChI is InChI=1S/C11H12N4O/c1-2-10-13-14-11-6-12-8-4-3-7(16)5-9(8)15(10)11/h3-5,12,16H,2,6H2,1H3. The summed E-state index contributed by atoms with van der Waals surface area (Å²) in [5, 5.41) is 21.0. The first-order chi connectivity index (χ1) is 7.79. The van der Waals surface area contributed by atoms with Crippen LogP contribution in [0.3, 0.4) is 0 Å². The zero-order chi connectivity index (χ0) is 11.1. The Morgan fingerprint density at radius 1 is 1.44 bits per heavy atom. The number of phenols is 1. The van der Waals surface area contributed by atoms with E-state index in [1.54, 1.807) is 12.1 Å². The molecule has 0 unspecified atom stereocenters. The summed E-state index contributed by atoms with van der Waals surface area (Å²) in [5.74, 6) is 2.06. The first-order valence-electron chi connectivity index (χ1n) is 5.30. The second-order valence-electron chi connectivity index (χ2n) is 3.78. The molecule has 1 aromatic carbocycles. The number of hydrogen-bond acceptors (Lipinski definition) is 4. The summed E-state index contributed by atoms with van der Waals surface area (Å²) in [6, 6.07) is 5.27. The molecule has 2 aromatic rings. The molecule has 1 aliphatic rings. The van der Waals surface area contributed by atoms with Crippen LogP contribution in [0.15, 0.2) is 18.2 Å². The second kappa shape index (κ2) is 3.23. The van der Waals surface area contributed by atoms with Gasteiger partial charge in [-0.25, -0.2) is 0 Å². The van der Waals surface area contributed by atoms with Crippen LogP contribution in [-0.2, 0) is 13.0 Å². The smallest absolute Gasteiger partial charge is 0.157 e. The summed E-state index contributed by atoms with van der Waals surface area (Å²) >= 11 is 0. The van der Waals surface area contributed by atoms with Gasteiger partial charge in [0.2, 0.25) is 0 Å². The van der Waals surface area contributed by atoms with Crippen molar-refractivity contribution in [3.05, 3.63) is 29.8 Å². The van der Waals surface area contributed by atoms with Crippen molar-refractivity contribution < 1.29 is 5.11 Å². The third kappa shape index (κ3) is 1.18. The molecule has 0 saturated carbocycles. The van der Waals surface area contributed by atoms with E-state index >= 15 is 0 Å². The number of nitrogens with zero attached hydrogens (tertiary/aromatic N) is 3. The van der Waals surface area contributed by atoms with Gasteiger partial charge in [-0.2, -0.15) is 0 Å². The highest BCUT2D eigenvalue weighted by Gasteiger charge is 2.20. The fourth-order valence-electron chi connectivity index (χ4n) is 2.00. The molecule has 0 fully saturated rings. The van der Waals surface area contributed by atoms with Crippen LogP contribution in [0.25, 0.3) is 5.69 Å². The van der Waals surface area contributed by atoms with Crippen LogP contribution in [0.4, 0.5) is 5.69 Å². The molecule has 82 valence electrons. The van der Waals surface area contributed by atoms with E-state index in [1.165, 1.54) is 0 Å². The highest BCUT2D eigenvalue weighted by molar-refractivity contribution is 5.65. The molecule has 0 spiro atoms. The lowest BCUT2D eigenvalue weighted by Crippen LogP contribution is -2.16. The SMILES string of the molecule is CCc1nnc2n1-c1cc(O)ccc1NC2. The van der Waals surface area contributed by atoms with Crippen molar-refractivity contribution in [1.82, 2.24) is 14.8 Å². The molecule has 0 radical (unpaired) electrons. The number of fused-ring (bicyclic) bond motifs is 3. The molecule has 0 saturated heterocycles. The van der Waals surface area contributed by atoms with E-state index in [0.717, 1.165) is 29.4 Å². The molecule has 5 nitrogen and oxygen atoms in total. The number of anilines is 1. The van der Waals surface area contributed by atoms with Gasteiger partial charge in [0, 0.05) is 12.5 Å². The maximum Gasteiger partial charge on any atom is 0.157 e. The Bertz CT molecular complexity index is 533. The Balaban J connectivity index is 2.27. The van der Waals surface area contributed by atoms with E-state index in [2.05, 4.69) is 15.5 Å². The molecular weight excluding hydrogens is 204 g/mol. The minimum absolute atomic E-state index is 0.254. The quantitative estimate of drug-likeness (QED) is 0.708. The van der Waals surface area contributed by atoms with Gasteiger partial charge in [-0.3, -0.25) is 4.57 Å². The third-order valence-corrected chi connectivity index (χ3v) is 2.77. The van der Waals surface area contributed by atoms with Crippen molar-refractivity contribution >= 4 is 5.69 Å². The molecule has 0 aliphatic carbocycles. The molecule has 1 aromatic heterocycles. The van der Waals surface area contributed by atoms with Crippen LogP contribution in [0.1, 0.15) is 18.6 Å². The van der Waals surface area contributed by atoms with Crippen molar-refractivity contribution in [1.29, 1.82) is 0 Å². The highest BCUT2D eigenvalue weighted by atomic mass is 16.3. The van der Waals surface area contributed by atoms with Crippen LogP contribution >= 0.6 is 0 Å². The first kappa shape index (κ1) is 9.21. The van der Waals surface area contributed by atoms with E-state index in [-0.39, 0.29) is 5.75 Å². The highest BCUT2D eigenvalue weighted by Crippen LogP contribution is 2.30. The van der Waals surface area contributed by atoms with Crippen LogP contribution in [0, 0.1) is 0 Å². The summed E-state index contributed by atoms with van der Waals surface area (Å²) in [5.41, 5.74) is 1.92. The predicted octanol–water partition coefficient (Wildman–Crippen LogP) is 1.46. The normalized spacial score (nSPS) is 12.8. The molecule has 5 heteroatoms. The summed E-state index contributed by atoms with van der Waals surface area (Å²) in [4.78, 5) is 0. The lowest BCUT2D eigenvalue weighted by molar-refractivity contribution is 0.475. The Morgan fingerprint density at radius 2 is 2.31 bits per heavy atom. The maximum absolute atomic E-state index is 9.53. The summed E-state index contributed by atoms with van der Waals surface area (Å²) < 4.78 is 2.01. The monoisotopic (exact) mass is 216 g/mol. The van der Waals surface area contributed by atoms with Crippen molar-refractivity contribution in [2.24, 2.45) is 0 Å². The Morgan fingerprint density at radius 3 is 3.12 bits per heavy atom. The van der Waals surface area contributed by atoms with Crippen LogP contribution in [-0.4, -0.2) is 19.9 Å². The van der Waals surface area contributed by atoms with Crippen molar-refractivity contribution in [3.63, 3.8) is 0 Å². The molecule has 16 heavy (non-hydrogen) atoms. The predicted molar refractivity (Wildman–Crippen MR) is 59.7 cm³/mol. The Labute approximate surface area is 92.7 Å². The minimum atomic E-state index is 0.254. The van der Waals surface area contributed by atoms with Crippen LogP contribution in [0.2, 0.25) is 0 Å². The number of aromatic hydroxyl groups is 1. The van der Waals surface area contributed by atoms with E-state index in [9.17, 15) is 5.11 Å². The average molecular weight is 216 g/mol. The van der Waals surface area contributed by atoms with Crippen LogP contribution in [0.5, 0.6) is 5.75 Å². The van der Waals surface area contributed by atoms with Crippen LogP contribution < -0.4 is 5.32 Å². The minimum Gasteiger partial charge on any atom is -0.508 e. The summed E-state index contributed by atoms with van der Waals surface area (Å²) in [7, 11) is 0. The van der Waals surface area contributed by atoms with Gasteiger partial charge in [0.15, 0.2) is 5.82 Å². The molecular formula is C11H12N4O. The van der Waals surface area contributed by atoms with E-state index in [4.69, 9.17) is 0 Å². The second-order valence-corrected chi connectivity index (χ2v) is 3.78. The third-order valence-electron chi connectivity index (χ3n) is 2.77. The number of nitrogens with one attached hydrogen (secondary N) is 1. The van der Waals surface area contributed by atoms with Gasteiger partial charge in [-0.15, -0.1) is 10.2 Å². The fourth-order valence-corrected chi connectivity index (χ4v) is 2.00. The lowest BCUT2D eigenvalue weighted by atomic mass is 10.2. The summed E-state index contributed by atoms with van der Waals surface area (Å²) in [6.07, 6.45) is 0.822.